The van der Waals surface area contributed by atoms with Gasteiger partial charge in [0.15, 0.2) is 0 Å². The van der Waals surface area contributed by atoms with Gasteiger partial charge < -0.3 is 9.84 Å². The second kappa shape index (κ2) is 8.78. The second-order valence-electron chi connectivity index (χ2n) is 7.90. The van der Waals surface area contributed by atoms with E-state index in [4.69, 9.17) is 4.74 Å². The van der Waals surface area contributed by atoms with E-state index in [-0.39, 0.29) is 10.9 Å². The molecule has 162 valence electrons. The second-order valence-corrected chi connectivity index (χ2v) is 9.71. The molecular weight excluding hydrogens is 412 g/mol. The van der Waals surface area contributed by atoms with Gasteiger partial charge in [0, 0.05) is 17.8 Å². The lowest BCUT2D eigenvalue weighted by Gasteiger charge is -2.41. The molecule has 4 rings (SSSR count). The van der Waals surface area contributed by atoms with Crippen LogP contribution in [-0.2, 0) is 23.1 Å². The summed E-state index contributed by atoms with van der Waals surface area (Å²) in [6, 6.07) is 18.9. The summed E-state index contributed by atoms with van der Waals surface area (Å²) in [5, 5.41) is 11.2. The lowest BCUT2D eigenvalue weighted by atomic mass is 9.94. The van der Waals surface area contributed by atoms with E-state index in [1.165, 1.54) is 4.31 Å². The zero-order valence-electron chi connectivity index (χ0n) is 17.5. The number of para-hydroxylation sites is 1. The number of sulfonamides is 1. The molecule has 1 aliphatic heterocycles. The fourth-order valence-corrected chi connectivity index (χ4v) is 6.20. The van der Waals surface area contributed by atoms with Crippen molar-refractivity contribution in [2.75, 3.05) is 0 Å². The van der Waals surface area contributed by atoms with Crippen LogP contribution in [0.3, 0.4) is 0 Å². The van der Waals surface area contributed by atoms with E-state index in [0.29, 0.717) is 24.3 Å². The van der Waals surface area contributed by atoms with Gasteiger partial charge in [-0.3, -0.25) is 4.98 Å². The zero-order chi connectivity index (χ0) is 22.0. The van der Waals surface area contributed by atoms with Crippen LogP contribution in [-0.4, -0.2) is 34.9 Å². The molecule has 2 atom stereocenters. The highest BCUT2D eigenvalue weighted by molar-refractivity contribution is 7.89. The quantitative estimate of drug-likeness (QED) is 0.635. The maximum atomic E-state index is 13.4. The molecular formula is C24H26N2O4S. The molecule has 0 radical (unpaired) electrons. The highest BCUT2D eigenvalue weighted by Gasteiger charge is 2.45. The molecule has 7 heteroatoms. The van der Waals surface area contributed by atoms with Crippen molar-refractivity contribution in [1.82, 2.24) is 9.29 Å². The molecule has 2 heterocycles. The Morgan fingerprint density at radius 1 is 1.03 bits per heavy atom. The van der Waals surface area contributed by atoms with Gasteiger partial charge in [0.1, 0.15) is 12.4 Å². The van der Waals surface area contributed by atoms with Gasteiger partial charge in [0.05, 0.1) is 22.7 Å². The Bertz CT molecular complexity index is 1150. The van der Waals surface area contributed by atoms with Crippen molar-refractivity contribution < 1.29 is 18.3 Å². The molecule has 0 fully saturated rings. The molecule has 2 aromatic carbocycles. The SMILES string of the molecule is CC(C)N1[C@@H](Cc2ccccc2OCc2ccccn2)[C@H](O)c2ccccc2S1(=O)=O. The van der Waals surface area contributed by atoms with Crippen molar-refractivity contribution in [2.45, 2.75) is 50.0 Å². The van der Waals surface area contributed by atoms with Crippen molar-refractivity contribution in [3.05, 3.63) is 89.7 Å². The number of fused-ring (bicyclic) bond motifs is 1. The van der Waals surface area contributed by atoms with Gasteiger partial charge in [-0.1, -0.05) is 42.5 Å². The fourth-order valence-electron chi connectivity index (χ4n) is 4.13. The minimum atomic E-state index is -3.73. The van der Waals surface area contributed by atoms with Gasteiger partial charge in [-0.15, -0.1) is 0 Å². The number of aliphatic hydroxyl groups is 1. The van der Waals surface area contributed by atoms with Gasteiger partial charge in [-0.05, 0) is 50.1 Å². The summed E-state index contributed by atoms with van der Waals surface area (Å²) >= 11 is 0. The summed E-state index contributed by atoms with van der Waals surface area (Å²) in [7, 11) is -3.73. The molecule has 0 amide bonds. The van der Waals surface area contributed by atoms with Crippen LogP contribution in [0.15, 0.2) is 77.8 Å². The Morgan fingerprint density at radius 2 is 1.74 bits per heavy atom. The molecule has 31 heavy (non-hydrogen) atoms. The molecule has 0 spiro atoms. The highest BCUT2D eigenvalue weighted by atomic mass is 32.2. The van der Waals surface area contributed by atoms with Crippen LogP contribution in [0.1, 0.15) is 36.8 Å². The fraction of sp³-hybridized carbons (Fsp3) is 0.292. The van der Waals surface area contributed by atoms with E-state index in [1.807, 2.05) is 56.3 Å². The Morgan fingerprint density at radius 3 is 2.48 bits per heavy atom. The number of aromatic nitrogens is 1. The highest BCUT2D eigenvalue weighted by Crippen LogP contribution is 2.40. The first-order chi connectivity index (χ1) is 14.9. The standard InChI is InChI=1S/C24H26N2O4S/c1-17(2)26-21(24(27)20-11-4-6-13-23(20)31(26,28)29)15-18-9-3-5-12-22(18)30-16-19-10-7-8-14-25-19/h3-14,17,21,24,27H,15-16H2,1-2H3/t21-,24+/m0/s1. The summed E-state index contributed by atoms with van der Waals surface area (Å²) in [6.07, 6.45) is 1.10. The van der Waals surface area contributed by atoms with Crippen molar-refractivity contribution >= 4 is 10.0 Å². The third-order valence-electron chi connectivity index (χ3n) is 5.50. The molecule has 6 nitrogen and oxygen atoms in total. The summed E-state index contributed by atoms with van der Waals surface area (Å²) in [4.78, 5) is 4.45. The molecule has 0 bridgehead atoms. The Labute approximate surface area is 183 Å². The first-order valence-corrected chi connectivity index (χ1v) is 11.7. The molecule has 1 N–H and O–H groups in total. The van der Waals surface area contributed by atoms with Gasteiger partial charge in [0.25, 0.3) is 0 Å². The zero-order valence-corrected chi connectivity index (χ0v) is 18.4. The van der Waals surface area contributed by atoms with Gasteiger partial charge in [-0.25, -0.2) is 8.42 Å². The van der Waals surface area contributed by atoms with E-state index in [2.05, 4.69) is 4.98 Å². The van der Waals surface area contributed by atoms with Gasteiger partial charge in [0.2, 0.25) is 10.0 Å². The molecule has 0 saturated heterocycles. The van der Waals surface area contributed by atoms with E-state index < -0.39 is 22.2 Å². The van der Waals surface area contributed by atoms with Crippen molar-refractivity contribution in [1.29, 1.82) is 0 Å². The minimum Gasteiger partial charge on any atom is -0.487 e. The normalized spacial score (nSPS) is 20.4. The van der Waals surface area contributed by atoms with Gasteiger partial charge in [-0.2, -0.15) is 4.31 Å². The van der Waals surface area contributed by atoms with Crippen LogP contribution < -0.4 is 4.74 Å². The number of aliphatic hydroxyl groups excluding tert-OH is 1. The Kier molecular flexibility index (Phi) is 6.09. The molecule has 0 saturated carbocycles. The molecule has 0 unspecified atom stereocenters. The van der Waals surface area contributed by atoms with E-state index in [1.54, 1.807) is 30.5 Å². The summed E-state index contributed by atoms with van der Waals surface area (Å²) in [5.41, 5.74) is 2.08. The van der Waals surface area contributed by atoms with Crippen molar-refractivity contribution in [2.24, 2.45) is 0 Å². The number of rotatable bonds is 6. The van der Waals surface area contributed by atoms with Crippen LogP contribution in [0.2, 0.25) is 0 Å². The van der Waals surface area contributed by atoms with Crippen LogP contribution in [0.4, 0.5) is 0 Å². The van der Waals surface area contributed by atoms with Crippen LogP contribution in [0.25, 0.3) is 0 Å². The number of ether oxygens (including phenoxy) is 1. The number of pyridine rings is 1. The Hall–Kier alpha value is -2.74. The molecule has 1 aliphatic rings. The van der Waals surface area contributed by atoms with Crippen LogP contribution in [0.5, 0.6) is 5.75 Å². The first-order valence-electron chi connectivity index (χ1n) is 10.3. The first kappa shape index (κ1) is 21.5. The lowest BCUT2D eigenvalue weighted by molar-refractivity contribution is 0.0680. The predicted octanol–water partition coefficient (Wildman–Crippen LogP) is 3.72. The van der Waals surface area contributed by atoms with E-state index in [0.717, 1.165) is 11.3 Å². The maximum absolute atomic E-state index is 13.4. The number of hydrogen-bond acceptors (Lipinski definition) is 5. The van der Waals surface area contributed by atoms with Crippen LogP contribution in [0, 0.1) is 0 Å². The molecule has 0 aliphatic carbocycles. The lowest BCUT2D eigenvalue weighted by Crippen LogP contribution is -2.52. The summed E-state index contributed by atoms with van der Waals surface area (Å²) in [5.74, 6) is 0.653. The average Bonchev–Trinajstić information content (AvgIpc) is 2.77. The van der Waals surface area contributed by atoms with Crippen molar-refractivity contribution in [3.8, 4) is 5.75 Å². The third-order valence-corrected chi connectivity index (χ3v) is 7.67. The largest absolute Gasteiger partial charge is 0.487 e. The van der Waals surface area contributed by atoms with Gasteiger partial charge >= 0.3 is 0 Å². The maximum Gasteiger partial charge on any atom is 0.244 e. The van der Waals surface area contributed by atoms with E-state index >= 15 is 0 Å². The number of hydrogen-bond donors (Lipinski definition) is 1. The molecule has 3 aromatic rings. The predicted molar refractivity (Wildman–Crippen MR) is 118 cm³/mol. The Balaban J connectivity index is 1.67. The minimum absolute atomic E-state index is 0.173. The van der Waals surface area contributed by atoms with Crippen molar-refractivity contribution in [3.63, 3.8) is 0 Å². The summed E-state index contributed by atoms with van der Waals surface area (Å²) < 4.78 is 34.2. The number of benzene rings is 2. The average molecular weight is 439 g/mol. The summed E-state index contributed by atoms with van der Waals surface area (Å²) in [6.45, 7) is 3.96. The number of nitrogens with zero attached hydrogens (tertiary/aromatic N) is 2. The van der Waals surface area contributed by atoms with E-state index in [9.17, 15) is 13.5 Å². The van der Waals surface area contributed by atoms with Crippen LogP contribution >= 0.6 is 0 Å². The smallest absolute Gasteiger partial charge is 0.244 e. The topological polar surface area (TPSA) is 79.7 Å². The monoisotopic (exact) mass is 438 g/mol. The molecule has 1 aromatic heterocycles. The third kappa shape index (κ3) is 4.21.